The van der Waals surface area contributed by atoms with Crippen LogP contribution in [-0.2, 0) is 11.2 Å². The van der Waals surface area contributed by atoms with Gasteiger partial charge in [0.1, 0.15) is 5.75 Å². The number of hydrogen-bond acceptors (Lipinski definition) is 2. The molecule has 0 aliphatic carbocycles. The van der Waals surface area contributed by atoms with Crippen molar-refractivity contribution in [2.45, 2.75) is 45.6 Å². The SMILES string of the molecule is COc1ccccc1C(C)NC(=O)CCc1ccc(C(C)C)cc1. The number of carbonyl (C=O) groups excluding carboxylic acids is 1. The molecule has 0 heterocycles. The van der Waals surface area contributed by atoms with Crippen molar-refractivity contribution >= 4 is 5.91 Å². The zero-order valence-corrected chi connectivity index (χ0v) is 15.0. The van der Waals surface area contributed by atoms with Gasteiger partial charge >= 0.3 is 0 Å². The second kappa shape index (κ2) is 8.53. The van der Waals surface area contributed by atoms with Crippen LogP contribution in [-0.4, -0.2) is 13.0 Å². The summed E-state index contributed by atoms with van der Waals surface area (Å²) >= 11 is 0. The minimum atomic E-state index is -0.0723. The van der Waals surface area contributed by atoms with E-state index in [0.29, 0.717) is 12.3 Å². The highest BCUT2D eigenvalue weighted by molar-refractivity contribution is 5.76. The molecule has 2 rings (SSSR count). The molecule has 24 heavy (non-hydrogen) atoms. The molecule has 0 bridgehead atoms. The standard InChI is InChI=1S/C21H27NO2/c1-15(2)18-12-9-17(10-13-18)11-14-21(23)22-16(3)19-7-5-6-8-20(19)24-4/h5-10,12-13,15-16H,11,14H2,1-4H3,(H,22,23). The van der Waals surface area contributed by atoms with Crippen LogP contribution in [0.25, 0.3) is 0 Å². The molecule has 1 unspecified atom stereocenters. The maximum atomic E-state index is 12.2. The van der Waals surface area contributed by atoms with Gasteiger partial charge in [0.2, 0.25) is 5.91 Å². The number of ether oxygens (including phenoxy) is 1. The molecule has 0 saturated carbocycles. The van der Waals surface area contributed by atoms with Crippen molar-refractivity contribution in [2.75, 3.05) is 7.11 Å². The molecule has 0 spiro atoms. The fraction of sp³-hybridized carbons (Fsp3) is 0.381. The number of hydrogen-bond donors (Lipinski definition) is 1. The maximum absolute atomic E-state index is 12.2. The van der Waals surface area contributed by atoms with Crippen LogP contribution < -0.4 is 10.1 Å². The molecule has 128 valence electrons. The molecule has 1 amide bonds. The molecule has 2 aromatic carbocycles. The number of methoxy groups -OCH3 is 1. The lowest BCUT2D eigenvalue weighted by Crippen LogP contribution is -2.27. The monoisotopic (exact) mass is 325 g/mol. The van der Waals surface area contributed by atoms with Crippen LogP contribution in [0.4, 0.5) is 0 Å². The molecule has 0 radical (unpaired) electrons. The van der Waals surface area contributed by atoms with E-state index in [0.717, 1.165) is 17.7 Å². The molecule has 0 saturated heterocycles. The fourth-order valence-electron chi connectivity index (χ4n) is 2.74. The molecule has 0 aliphatic rings. The zero-order chi connectivity index (χ0) is 17.5. The molecule has 1 N–H and O–H groups in total. The van der Waals surface area contributed by atoms with Crippen molar-refractivity contribution in [3.63, 3.8) is 0 Å². The number of carbonyl (C=O) groups is 1. The Kier molecular flexibility index (Phi) is 6.42. The van der Waals surface area contributed by atoms with E-state index in [4.69, 9.17) is 4.74 Å². The Hall–Kier alpha value is -2.29. The van der Waals surface area contributed by atoms with Gasteiger partial charge in [0.05, 0.1) is 13.2 Å². The number of nitrogens with one attached hydrogen (secondary N) is 1. The minimum absolute atomic E-state index is 0.0568. The van der Waals surface area contributed by atoms with E-state index in [9.17, 15) is 4.79 Å². The summed E-state index contributed by atoms with van der Waals surface area (Å²) < 4.78 is 5.36. The van der Waals surface area contributed by atoms with Crippen LogP contribution in [0.2, 0.25) is 0 Å². The van der Waals surface area contributed by atoms with E-state index in [1.807, 2.05) is 31.2 Å². The van der Waals surface area contributed by atoms with Gasteiger partial charge in [-0.15, -0.1) is 0 Å². The lowest BCUT2D eigenvalue weighted by atomic mass is 10.00. The van der Waals surface area contributed by atoms with E-state index in [1.165, 1.54) is 11.1 Å². The van der Waals surface area contributed by atoms with Gasteiger partial charge in [-0.05, 0) is 36.5 Å². The van der Waals surface area contributed by atoms with Crippen LogP contribution in [0.15, 0.2) is 48.5 Å². The van der Waals surface area contributed by atoms with Crippen molar-refractivity contribution in [1.82, 2.24) is 5.32 Å². The number of para-hydroxylation sites is 1. The van der Waals surface area contributed by atoms with Gasteiger partial charge in [-0.25, -0.2) is 0 Å². The first-order valence-corrected chi connectivity index (χ1v) is 8.52. The molecule has 0 aromatic heterocycles. The first kappa shape index (κ1) is 18.1. The summed E-state index contributed by atoms with van der Waals surface area (Å²) in [7, 11) is 1.65. The Balaban J connectivity index is 1.88. The Bertz CT molecular complexity index is 662. The number of benzene rings is 2. The Morgan fingerprint density at radius 1 is 1.04 bits per heavy atom. The third kappa shape index (κ3) is 4.85. The predicted octanol–water partition coefficient (Wildman–Crippen LogP) is 4.63. The van der Waals surface area contributed by atoms with Gasteiger partial charge in [-0.2, -0.15) is 0 Å². The average Bonchev–Trinajstić information content (AvgIpc) is 2.60. The van der Waals surface area contributed by atoms with Crippen LogP contribution >= 0.6 is 0 Å². The van der Waals surface area contributed by atoms with Crippen molar-refractivity contribution in [3.05, 3.63) is 65.2 Å². The van der Waals surface area contributed by atoms with Gasteiger partial charge in [0.15, 0.2) is 0 Å². The van der Waals surface area contributed by atoms with Crippen LogP contribution in [0.5, 0.6) is 5.75 Å². The van der Waals surface area contributed by atoms with Crippen molar-refractivity contribution in [1.29, 1.82) is 0 Å². The predicted molar refractivity (Wildman–Crippen MR) is 98.4 cm³/mol. The van der Waals surface area contributed by atoms with E-state index in [-0.39, 0.29) is 11.9 Å². The summed E-state index contributed by atoms with van der Waals surface area (Å²) in [6, 6.07) is 16.2. The molecule has 0 aliphatic heterocycles. The topological polar surface area (TPSA) is 38.3 Å². The van der Waals surface area contributed by atoms with Crippen molar-refractivity contribution in [3.8, 4) is 5.75 Å². The Labute approximate surface area is 145 Å². The van der Waals surface area contributed by atoms with E-state index in [2.05, 4.69) is 43.4 Å². The average molecular weight is 325 g/mol. The second-order valence-corrected chi connectivity index (χ2v) is 6.43. The fourth-order valence-corrected chi connectivity index (χ4v) is 2.74. The van der Waals surface area contributed by atoms with Crippen LogP contribution in [0, 0.1) is 0 Å². The molecular weight excluding hydrogens is 298 g/mol. The number of amides is 1. The highest BCUT2D eigenvalue weighted by atomic mass is 16.5. The third-order valence-corrected chi connectivity index (χ3v) is 4.27. The summed E-state index contributed by atoms with van der Waals surface area (Å²) in [4.78, 5) is 12.2. The van der Waals surface area contributed by atoms with E-state index < -0.39 is 0 Å². The van der Waals surface area contributed by atoms with Crippen molar-refractivity contribution < 1.29 is 9.53 Å². The molecule has 3 nitrogen and oxygen atoms in total. The normalized spacial score (nSPS) is 12.0. The minimum Gasteiger partial charge on any atom is -0.496 e. The van der Waals surface area contributed by atoms with E-state index in [1.54, 1.807) is 7.11 Å². The quantitative estimate of drug-likeness (QED) is 0.806. The summed E-state index contributed by atoms with van der Waals surface area (Å²) in [6.07, 6.45) is 1.24. The summed E-state index contributed by atoms with van der Waals surface area (Å²) in [6.45, 7) is 6.34. The van der Waals surface area contributed by atoms with Gasteiger partial charge in [0, 0.05) is 12.0 Å². The van der Waals surface area contributed by atoms with Gasteiger partial charge in [-0.1, -0.05) is 56.3 Å². The number of aryl methyl sites for hydroxylation is 1. The molecular formula is C21H27NO2. The summed E-state index contributed by atoms with van der Waals surface area (Å²) in [5.41, 5.74) is 3.52. The zero-order valence-electron chi connectivity index (χ0n) is 15.0. The molecule has 1 atom stereocenters. The maximum Gasteiger partial charge on any atom is 0.220 e. The highest BCUT2D eigenvalue weighted by Gasteiger charge is 2.13. The largest absolute Gasteiger partial charge is 0.496 e. The summed E-state index contributed by atoms with van der Waals surface area (Å²) in [5, 5.41) is 3.05. The van der Waals surface area contributed by atoms with Gasteiger partial charge < -0.3 is 10.1 Å². The second-order valence-electron chi connectivity index (χ2n) is 6.43. The van der Waals surface area contributed by atoms with Crippen LogP contribution in [0.1, 0.15) is 55.8 Å². The lowest BCUT2D eigenvalue weighted by molar-refractivity contribution is -0.121. The number of rotatable bonds is 7. The Morgan fingerprint density at radius 2 is 1.71 bits per heavy atom. The van der Waals surface area contributed by atoms with Crippen molar-refractivity contribution in [2.24, 2.45) is 0 Å². The molecule has 0 fully saturated rings. The molecule has 2 aromatic rings. The smallest absolute Gasteiger partial charge is 0.220 e. The van der Waals surface area contributed by atoms with E-state index >= 15 is 0 Å². The van der Waals surface area contributed by atoms with Gasteiger partial charge in [0.25, 0.3) is 0 Å². The summed E-state index contributed by atoms with van der Waals surface area (Å²) in [5.74, 6) is 1.39. The van der Waals surface area contributed by atoms with Crippen LogP contribution in [0.3, 0.4) is 0 Å². The Morgan fingerprint density at radius 3 is 2.33 bits per heavy atom. The highest BCUT2D eigenvalue weighted by Crippen LogP contribution is 2.24. The van der Waals surface area contributed by atoms with Gasteiger partial charge in [-0.3, -0.25) is 4.79 Å². The first-order chi connectivity index (χ1) is 11.5. The molecule has 3 heteroatoms. The first-order valence-electron chi connectivity index (χ1n) is 8.52. The third-order valence-electron chi connectivity index (χ3n) is 4.27. The lowest BCUT2D eigenvalue weighted by Gasteiger charge is -2.17.